The van der Waals surface area contributed by atoms with Crippen LogP contribution in [0.5, 0.6) is 0 Å². The summed E-state index contributed by atoms with van der Waals surface area (Å²) in [4.78, 5) is 18.2. The van der Waals surface area contributed by atoms with Crippen LogP contribution in [-0.2, 0) is 11.3 Å². The van der Waals surface area contributed by atoms with Gasteiger partial charge in [0.1, 0.15) is 0 Å². The molecule has 1 amide bonds. The summed E-state index contributed by atoms with van der Waals surface area (Å²) in [7, 11) is 0. The molecule has 0 radical (unpaired) electrons. The molecular weight excluding hydrogens is 358 g/mol. The summed E-state index contributed by atoms with van der Waals surface area (Å²) in [5, 5.41) is 0. The number of nitrogens with zero attached hydrogens (tertiary/aromatic N) is 3. The van der Waals surface area contributed by atoms with Gasteiger partial charge >= 0.3 is 0 Å². The number of terminal acetylenes is 1. The largest absolute Gasteiger partial charge is 0.342 e. The zero-order valence-electron chi connectivity index (χ0n) is 18.6. The van der Waals surface area contributed by atoms with Gasteiger partial charge in [-0.2, -0.15) is 0 Å². The third-order valence-electron chi connectivity index (χ3n) is 5.64. The van der Waals surface area contributed by atoms with E-state index in [9.17, 15) is 4.79 Å². The number of allylic oxidation sites excluding steroid dienone is 4. The number of imidazole rings is 1. The predicted octanol–water partition coefficient (Wildman–Crippen LogP) is 5.48. The summed E-state index contributed by atoms with van der Waals surface area (Å²) in [5.41, 5.74) is 0.418. The lowest BCUT2D eigenvalue weighted by atomic mass is 9.76. The molecule has 3 rings (SSSR count). The molecule has 1 saturated heterocycles. The highest BCUT2D eigenvalue weighted by atomic mass is 16.2. The quantitative estimate of drug-likeness (QED) is 0.451. The molecule has 4 heteroatoms. The number of likely N-dealkylation sites (tertiary alicyclic amines) is 1. The number of carbonyl (C=O) groups excluding carboxylic acids is 1. The second kappa shape index (κ2) is 13.8. The number of amides is 1. The number of aromatic nitrogens is 2. The van der Waals surface area contributed by atoms with E-state index in [1.165, 1.54) is 12.8 Å². The maximum absolute atomic E-state index is 12.1. The van der Waals surface area contributed by atoms with Crippen LogP contribution in [0.25, 0.3) is 0 Å². The first kappa shape index (κ1) is 24.8. The van der Waals surface area contributed by atoms with Gasteiger partial charge in [-0.15, -0.1) is 12.8 Å². The monoisotopic (exact) mass is 397 g/mol. The van der Waals surface area contributed by atoms with E-state index in [0.29, 0.717) is 17.2 Å². The van der Waals surface area contributed by atoms with Crippen LogP contribution < -0.4 is 0 Å². The Bertz CT molecular complexity index is 630. The van der Waals surface area contributed by atoms with Gasteiger partial charge in [-0.05, 0) is 57.3 Å². The van der Waals surface area contributed by atoms with E-state index in [2.05, 4.69) is 53.3 Å². The van der Waals surface area contributed by atoms with Crippen LogP contribution in [0.2, 0.25) is 0 Å². The zero-order chi connectivity index (χ0) is 21.5. The second-order valence-electron chi connectivity index (χ2n) is 8.18. The van der Waals surface area contributed by atoms with E-state index >= 15 is 0 Å². The Morgan fingerprint density at radius 2 is 1.93 bits per heavy atom. The van der Waals surface area contributed by atoms with E-state index < -0.39 is 0 Å². The third-order valence-corrected chi connectivity index (χ3v) is 5.64. The molecule has 1 aromatic heterocycles. The Balaban J connectivity index is 0.000000399. The normalized spacial score (nSPS) is 18.0. The molecular formula is C25H39N3O. The molecule has 2 aliphatic rings. The van der Waals surface area contributed by atoms with Crippen molar-refractivity contribution in [1.29, 1.82) is 0 Å². The van der Waals surface area contributed by atoms with Crippen LogP contribution in [0, 0.1) is 24.2 Å². The molecule has 2 fully saturated rings. The molecule has 0 atom stereocenters. The molecule has 0 spiro atoms. The molecule has 1 saturated carbocycles. The van der Waals surface area contributed by atoms with Crippen molar-refractivity contribution in [1.82, 2.24) is 14.5 Å². The lowest BCUT2D eigenvalue weighted by molar-refractivity contribution is -0.134. The van der Waals surface area contributed by atoms with E-state index in [4.69, 9.17) is 0 Å². The van der Waals surface area contributed by atoms with Gasteiger partial charge in [-0.1, -0.05) is 38.2 Å². The van der Waals surface area contributed by atoms with Gasteiger partial charge in [0.2, 0.25) is 5.91 Å². The molecule has 29 heavy (non-hydrogen) atoms. The van der Waals surface area contributed by atoms with Crippen molar-refractivity contribution in [2.45, 2.75) is 72.3 Å². The number of hydrogen-bond acceptors (Lipinski definition) is 2. The first-order chi connectivity index (χ1) is 14.1. The second-order valence-corrected chi connectivity index (χ2v) is 8.18. The van der Waals surface area contributed by atoms with Crippen molar-refractivity contribution < 1.29 is 4.79 Å². The van der Waals surface area contributed by atoms with E-state index in [0.717, 1.165) is 51.7 Å². The third kappa shape index (κ3) is 9.65. The van der Waals surface area contributed by atoms with E-state index in [1.54, 1.807) is 0 Å². The summed E-state index contributed by atoms with van der Waals surface area (Å²) in [6.45, 7) is 9.52. The van der Waals surface area contributed by atoms with E-state index in [1.807, 2.05) is 37.8 Å². The minimum Gasteiger partial charge on any atom is -0.342 e. The highest BCUT2D eigenvalue weighted by Gasteiger charge is 2.37. The number of rotatable bonds is 7. The fraction of sp³-hybridized carbons (Fsp3) is 0.600. The van der Waals surface area contributed by atoms with Crippen LogP contribution in [-0.4, -0.2) is 33.4 Å². The van der Waals surface area contributed by atoms with Crippen LogP contribution in [0.15, 0.2) is 43.0 Å². The highest BCUT2D eigenvalue weighted by molar-refractivity contribution is 5.81. The summed E-state index contributed by atoms with van der Waals surface area (Å²) in [6, 6.07) is 0. The molecule has 0 bridgehead atoms. The molecule has 0 N–H and O–H groups in total. The fourth-order valence-corrected chi connectivity index (χ4v) is 3.54. The molecule has 4 nitrogen and oxygen atoms in total. The van der Waals surface area contributed by atoms with Gasteiger partial charge in [0.15, 0.2) is 0 Å². The molecule has 160 valence electrons. The maximum Gasteiger partial charge on any atom is 0.225 e. The Labute approximate surface area is 178 Å². The average Bonchev–Trinajstić information content (AvgIpc) is 3.47. The summed E-state index contributed by atoms with van der Waals surface area (Å²) >= 11 is 0. The smallest absolute Gasteiger partial charge is 0.225 e. The first-order valence-electron chi connectivity index (χ1n) is 10.9. The molecule has 0 unspecified atom stereocenters. The van der Waals surface area contributed by atoms with Gasteiger partial charge in [-0.25, -0.2) is 4.98 Å². The minimum atomic E-state index is 0.376. The number of hydrogen-bond donors (Lipinski definition) is 0. The van der Waals surface area contributed by atoms with Gasteiger partial charge in [0, 0.05) is 37.9 Å². The van der Waals surface area contributed by atoms with Crippen LogP contribution in [0.3, 0.4) is 0 Å². The Morgan fingerprint density at radius 1 is 1.24 bits per heavy atom. The first-order valence-corrected chi connectivity index (χ1v) is 10.9. The minimum absolute atomic E-state index is 0.376. The predicted molar refractivity (Wildman–Crippen MR) is 122 cm³/mol. The van der Waals surface area contributed by atoms with Crippen molar-refractivity contribution in [3.05, 3.63) is 43.0 Å². The summed E-state index contributed by atoms with van der Waals surface area (Å²) in [5.74, 6) is 0.797. The Morgan fingerprint density at radius 3 is 2.45 bits per heavy atom. The molecule has 1 aromatic rings. The van der Waals surface area contributed by atoms with Crippen LogP contribution in [0.1, 0.15) is 65.7 Å². The van der Waals surface area contributed by atoms with Crippen LogP contribution >= 0.6 is 0 Å². The number of aryl methyl sites for hydroxylation is 1. The van der Waals surface area contributed by atoms with Gasteiger partial charge in [0.25, 0.3) is 0 Å². The Kier molecular flexibility index (Phi) is 11.8. The maximum atomic E-state index is 12.1. The topological polar surface area (TPSA) is 38.1 Å². The van der Waals surface area contributed by atoms with Crippen molar-refractivity contribution in [3.63, 3.8) is 0 Å². The van der Waals surface area contributed by atoms with Gasteiger partial charge in [-0.3, -0.25) is 4.79 Å². The molecule has 1 aliphatic heterocycles. The molecule has 0 aromatic carbocycles. The lowest BCUT2D eigenvalue weighted by Crippen LogP contribution is -2.42. The number of piperidine rings is 1. The summed E-state index contributed by atoms with van der Waals surface area (Å²) in [6.07, 6.45) is 30.1. The fourth-order valence-electron chi connectivity index (χ4n) is 3.54. The van der Waals surface area contributed by atoms with Gasteiger partial charge in [0.05, 0.1) is 6.33 Å². The van der Waals surface area contributed by atoms with Crippen molar-refractivity contribution in [3.8, 4) is 12.8 Å². The van der Waals surface area contributed by atoms with Gasteiger partial charge < -0.3 is 9.47 Å². The highest BCUT2D eigenvalue weighted by Crippen LogP contribution is 2.38. The SMILES string of the molecule is C#C.C/C=C\C=C/CC.CC1(CCCn2ccnc2)CCN(C(=O)C2CC2)CC1. The average molecular weight is 398 g/mol. The summed E-state index contributed by atoms with van der Waals surface area (Å²) < 4.78 is 2.15. The van der Waals surface area contributed by atoms with Crippen molar-refractivity contribution in [2.24, 2.45) is 11.3 Å². The lowest BCUT2D eigenvalue weighted by Gasteiger charge is -2.39. The van der Waals surface area contributed by atoms with Crippen molar-refractivity contribution in [2.75, 3.05) is 13.1 Å². The van der Waals surface area contributed by atoms with Crippen LogP contribution in [0.4, 0.5) is 0 Å². The Hall–Kier alpha value is -2.28. The molecule has 2 heterocycles. The standard InChI is InChI=1S/C16H25N3O.C7H12.C2H2/c1-16(5-2-9-18-12-8-17-13-18)6-10-19(11-7-16)15(20)14-3-4-14;1-3-5-7-6-4-2;1-2/h8,12-14H,2-7,9-11H2,1H3;3,5-7H,4H2,1-2H3;1-2H/b;5-3-,7-6-;. The zero-order valence-corrected chi connectivity index (χ0v) is 18.6. The molecule has 1 aliphatic carbocycles. The van der Waals surface area contributed by atoms with E-state index in [-0.39, 0.29) is 0 Å². The number of carbonyl (C=O) groups is 1. The van der Waals surface area contributed by atoms with Crippen molar-refractivity contribution >= 4 is 5.91 Å².